The average molecular weight is 274 g/mol. The molecule has 1 saturated carbocycles. The monoisotopic (exact) mass is 274 g/mol. The van der Waals surface area contributed by atoms with E-state index in [4.69, 9.17) is 4.74 Å². The second-order valence-corrected chi connectivity index (χ2v) is 8.53. The van der Waals surface area contributed by atoms with Gasteiger partial charge in [0.05, 0.1) is 16.4 Å². The number of carbonyl (C=O) groups excluding carboxylic acids is 1. The molecule has 4 nitrogen and oxygen atoms in total. The smallest absolute Gasteiger partial charge is 0.311 e. The highest BCUT2D eigenvalue weighted by atomic mass is 32.2. The number of ether oxygens (including phenoxy) is 1. The van der Waals surface area contributed by atoms with Gasteiger partial charge in [-0.15, -0.1) is 0 Å². The van der Waals surface area contributed by atoms with Gasteiger partial charge in [0.1, 0.15) is 6.10 Å². The number of rotatable bonds is 3. The van der Waals surface area contributed by atoms with E-state index in [1.165, 1.54) is 0 Å². The summed E-state index contributed by atoms with van der Waals surface area (Å²) in [6.45, 7) is 5.69. The summed E-state index contributed by atoms with van der Waals surface area (Å²) in [6, 6.07) is 0. The van der Waals surface area contributed by atoms with Crippen molar-refractivity contribution in [2.45, 2.75) is 57.8 Å². The van der Waals surface area contributed by atoms with Gasteiger partial charge in [0, 0.05) is 5.92 Å². The summed E-state index contributed by atoms with van der Waals surface area (Å²) in [6.07, 6.45) is 2.54. The fourth-order valence-corrected chi connectivity index (χ4v) is 4.98. The molecule has 3 unspecified atom stereocenters. The SMILES string of the molecule is CCC(C)(C)C(=O)OC1CCC2CC1CS2(=O)=O. The van der Waals surface area contributed by atoms with E-state index in [1.54, 1.807) is 0 Å². The van der Waals surface area contributed by atoms with E-state index in [1.807, 2.05) is 20.8 Å². The maximum atomic E-state index is 12.0. The Labute approximate surface area is 109 Å². The van der Waals surface area contributed by atoms with Crippen LogP contribution in [0.2, 0.25) is 0 Å². The molecular weight excluding hydrogens is 252 g/mol. The molecule has 1 aliphatic heterocycles. The third kappa shape index (κ3) is 2.42. The van der Waals surface area contributed by atoms with Gasteiger partial charge in [-0.1, -0.05) is 6.92 Å². The number of sulfone groups is 1. The highest BCUT2D eigenvalue weighted by Gasteiger charge is 2.47. The molecule has 2 rings (SSSR count). The van der Waals surface area contributed by atoms with Crippen molar-refractivity contribution < 1.29 is 17.9 Å². The van der Waals surface area contributed by atoms with Crippen molar-refractivity contribution in [1.82, 2.24) is 0 Å². The minimum atomic E-state index is -2.92. The number of hydrogen-bond donors (Lipinski definition) is 0. The van der Waals surface area contributed by atoms with Crippen LogP contribution in [0.3, 0.4) is 0 Å². The Morgan fingerprint density at radius 3 is 2.61 bits per heavy atom. The molecule has 18 heavy (non-hydrogen) atoms. The summed E-state index contributed by atoms with van der Waals surface area (Å²) in [5, 5.41) is -0.184. The van der Waals surface area contributed by atoms with Crippen molar-refractivity contribution in [3.8, 4) is 0 Å². The van der Waals surface area contributed by atoms with Gasteiger partial charge in [0.2, 0.25) is 0 Å². The molecule has 0 N–H and O–H groups in total. The first-order valence-corrected chi connectivity index (χ1v) is 8.40. The fraction of sp³-hybridized carbons (Fsp3) is 0.923. The van der Waals surface area contributed by atoms with Crippen molar-refractivity contribution in [1.29, 1.82) is 0 Å². The Kier molecular flexibility index (Phi) is 3.47. The summed E-state index contributed by atoms with van der Waals surface area (Å²) >= 11 is 0. The Morgan fingerprint density at radius 1 is 1.33 bits per heavy atom. The highest BCUT2D eigenvalue weighted by molar-refractivity contribution is 7.92. The van der Waals surface area contributed by atoms with E-state index >= 15 is 0 Å². The second kappa shape index (κ2) is 4.51. The zero-order chi connectivity index (χ0) is 13.6. The van der Waals surface area contributed by atoms with Gasteiger partial charge in [0.25, 0.3) is 0 Å². The molecule has 3 atom stereocenters. The predicted octanol–water partition coefficient (Wildman–Crippen LogP) is 1.93. The van der Waals surface area contributed by atoms with Crippen LogP contribution in [-0.4, -0.2) is 31.5 Å². The molecule has 1 aliphatic carbocycles. The van der Waals surface area contributed by atoms with Crippen molar-refractivity contribution >= 4 is 15.8 Å². The molecule has 1 heterocycles. The first kappa shape index (κ1) is 13.8. The van der Waals surface area contributed by atoms with Crippen LogP contribution in [0.25, 0.3) is 0 Å². The number of carbonyl (C=O) groups is 1. The summed E-state index contributed by atoms with van der Waals surface area (Å²) < 4.78 is 29.1. The molecule has 0 radical (unpaired) electrons. The van der Waals surface area contributed by atoms with Crippen LogP contribution in [0.15, 0.2) is 0 Å². The third-order valence-electron chi connectivity index (χ3n) is 4.51. The maximum Gasteiger partial charge on any atom is 0.311 e. The predicted molar refractivity (Wildman–Crippen MR) is 68.9 cm³/mol. The summed E-state index contributed by atoms with van der Waals surface area (Å²) in [7, 11) is -2.92. The van der Waals surface area contributed by atoms with Gasteiger partial charge in [-0.2, -0.15) is 0 Å². The van der Waals surface area contributed by atoms with E-state index in [0.717, 1.165) is 6.42 Å². The van der Waals surface area contributed by atoms with Gasteiger partial charge < -0.3 is 4.74 Å². The lowest BCUT2D eigenvalue weighted by molar-refractivity contribution is -0.163. The van der Waals surface area contributed by atoms with Crippen LogP contribution in [0.1, 0.15) is 46.5 Å². The normalized spacial score (nSPS) is 34.3. The molecule has 1 saturated heterocycles. The minimum Gasteiger partial charge on any atom is -0.462 e. The Balaban J connectivity index is 2.03. The van der Waals surface area contributed by atoms with Gasteiger partial charge >= 0.3 is 5.97 Å². The number of esters is 1. The first-order valence-electron chi connectivity index (χ1n) is 6.69. The third-order valence-corrected chi connectivity index (χ3v) is 6.85. The molecule has 104 valence electrons. The van der Waals surface area contributed by atoms with Crippen LogP contribution < -0.4 is 0 Å². The van der Waals surface area contributed by atoms with E-state index in [9.17, 15) is 13.2 Å². The molecule has 0 spiro atoms. The standard InChI is InChI=1S/C13H22O4S/c1-4-13(2,3)12(14)17-11-6-5-10-7-9(11)8-18(10,15)16/h9-11H,4-8H2,1-3H3. The molecule has 2 bridgehead atoms. The number of fused-ring (bicyclic) bond motifs is 2. The largest absolute Gasteiger partial charge is 0.462 e. The molecule has 0 aromatic heterocycles. The zero-order valence-corrected chi connectivity index (χ0v) is 12.1. The maximum absolute atomic E-state index is 12.0. The molecule has 0 amide bonds. The van der Waals surface area contributed by atoms with Crippen molar-refractivity contribution in [3.63, 3.8) is 0 Å². The lowest BCUT2D eigenvalue weighted by Crippen LogP contribution is -2.36. The summed E-state index contributed by atoms with van der Waals surface area (Å²) in [5.74, 6) is 0.0189. The van der Waals surface area contributed by atoms with Crippen molar-refractivity contribution in [3.05, 3.63) is 0 Å². The van der Waals surface area contributed by atoms with E-state index in [2.05, 4.69) is 0 Å². The van der Waals surface area contributed by atoms with E-state index in [0.29, 0.717) is 19.3 Å². The molecule has 2 fully saturated rings. The van der Waals surface area contributed by atoms with Crippen LogP contribution in [0, 0.1) is 11.3 Å². The van der Waals surface area contributed by atoms with Gasteiger partial charge in [0.15, 0.2) is 9.84 Å². The lowest BCUT2D eigenvalue weighted by Gasteiger charge is -2.30. The van der Waals surface area contributed by atoms with Crippen molar-refractivity contribution in [2.75, 3.05) is 5.75 Å². The van der Waals surface area contributed by atoms with Crippen LogP contribution >= 0.6 is 0 Å². The van der Waals surface area contributed by atoms with Crippen LogP contribution in [0.4, 0.5) is 0 Å². The lowest BCUT2D eigenvalue weighted by atomic mass is 9.86. The van der Waals surface area contributed by atoms with Crippen LogP contribution in [-0.2, 0) is 19.4 Å². The van der Waals surface area contributed by atoms with E-state index in [-0.39, 0.29) is 29.0 Å². The van der Waals surface area contributed by atoms with Gasteiger partial charge in [-0.05, 0) is 39.5 Å². The molecule has 2 aliphatic rings. The Morgan fingerprint density at radius 2 is 2.00 bits per heavy atom. The topological polar surface area (TPSA) is 60.4 Å². The highest BCUT2D eigenvalue weighted by Crippen LogP contribution is 2.40. The molecular formula is C13H22O4S. The summed E-state index contributed by atoms with van der Waals surface area (Å²) in [5.41, 5.74) is -0.478. The minimum absolute atomic E-state index is 0.0188. The van der Waals surface area contributed by atoms with E-state index < -0.39 is 15.3 Å². The fourth-order valence-electron chi connectivity index (χ4n) is 2.73. The first-order chi connectivity index (χ1) is 8.26. The van der Waals surface area contributed by atoms with Crippen molar-refractivity contribution in [2.24, 2.45) is 11.3 Å². The Hall–Kier alpha value is -0.580. The summed E-state index contributed by atoms with van der Waals surface area (Å²) in [4.78, 5) is 12.0. The van der Waals surface area contributed by atoms with Crippen LogP contribution in [0.5, 0.6) is 0 Å². The number of hydrogen-bond acceptors (Lipinski definition) is 4. The molecule has 5 heteroatoms. The second-order valence-electron chi connectivity index (χ2n) is 6.21. The van der Waals surface area contributed by atoms with Gasteiger partial charge in [-0.25, -0.2) is 8.42 Å². The molecule has 0 aromatic carbocycles. The van der Waals surface area contributed by atoms with Gasteiger partial charge in [-0.3, -0.25) is 4.79 Å². The average Bonchev–Trinajstić information content (AvgIpc) is 2.54. The molecule has 0 aromatic rings. The Bertz CT molecular complexity index is 438. The zero-order valence-electron chi connectivity index (χ0n) is 11.3. The quantitative estimate of drug-likeness (QED) is 0.738.